The molecule has 3 heterocycles. The molecule has 2 N–H and O–H groups in total. The minimum absolute atomic E-state index is 0.186. The van der Waals surface area contributed by atoms with Gasteiger partial charge in [0.25, 0.3) is 0 Å². The fourth-order valence-corrected chi connectivity index (χ4v) is 5.16. The zero-order valence-corrected chi connectivity index (χ0v) is 17.7. The largest absolute Gasteiger partial charge is 0.331 e. The summed E-state index contributed by atoms with van der Waals surface area (Å²) < 4.78 is 16.5. The maximum Gasteiger partial charge on any atom is 0.244 e. The van der Waals surface area contributed by atoms with Crippen molar-refractivity contribution in [3.05, 3.63) is 76.3 Å². The quantitative estimate of drug-likeness (QED) is 0.519. The number of amides is 1. The molecule has 6 nitrogen and oxygen atoms in total. The van der Waals surface area contributed by atoms with Gasteiger partial charge in [0.05, 0.1) is 28.0 Å². The van der Waals surface area contributed by atoms with Crippen molar-refractivity contribution in [1.82, 2.24) is 19.1 Å². The summed E-state index contributed by atoms with van der Waals surface area (Å²) in [5, 5.41) is 4.63. The normalized spacial score (nSPS) is 14.3. The van der Waals surface area contributed by atoms with Gasteiger partial charge in [-0.3, -0.25) is 4.79 Å². The topological polar surface area (TPSA) is 77.0 Å². The Morgan fingerprint density at radius 1 is 1.27 bits per heavy atom. The average molecular weight is 440 g/mol. The fourth-order valence-electron chi connectivity index (χ4n) is 3.53. The predicted molar refractivity (Wildman–Crippen MR) is 115 cm³/mol. The van der Waals surface area contributed by atoms with E-state index in [0.717, 1.165) is 26.4 Å². The van der Waals surface area contributed by atoms with Gasteiger partial charge >= 0.3 is 0 Å². The SMILES string of the molecule is Cc1cc(C(N)C(=O)N2Cc3cn(Sc4ccc5ncsc5c4)nc3C2)ccc1F. The van der Waals surface area contributed by atoms with Crippen molar-refractivity contribution in [2.24, 2.45) is 5.73 Å². The molecule has 9 heteroatoms. The smallest absolute Gasteiger partial charge is 0.244 e. The summed E-state index contributed by atoms with van der Waals surface area (Å²) in [7, 11) is 0. The van der Waals surface area contributed by atoms with Crippen molar-refractivity contribution in [2.45, 2.75) is 31.0 Å². The molecule has 1 aliphatic heterocycles. The van der Waals surface area contributed by atoms with Gasteiger partial charge in [-0.2, -0.15) is 5.10 Å². The van der Waals surface area contributed by atoms with E-state index < -0.39 is 6.04 Å². The van der Waals surface area contributed by atoms with Gasteiger partial charge in [0.2, 0.25) is 5.91 Å². The molecule has 0 aliphatic carbocycles. The molecular weight excluding hydrogens is 421 g/mol. The van der Waals surface area contributed by atoms with E-state index in [2.05, 4.69) is 16.1 Å². The number of nitrogens with zero attached hydrogens (tertiary/aromatic N) is 4. The molecule has 30 heavy (non-hydrogen) atoms. The number of carbonyl (C=O) groups excluding carboxylic acids is 1. The molecule has 152 valence electrons. The van der Waals surface area contributed by atoms with Crippen LogP contribution in [0.3, 0.4) is 0 Å². The third kappa shape index (κ3) is 3.49. The highest BCUT2D eigenvalue weighted by Gasteiger charge is 2.30. The van der Waals surface area contributed by atoms with Crippen LogP contribution in [-0.4, -0.2) is 25.0 Å². The van der Waals surface area contributed by atoms with E-state index >= 15 is 0 Å². The maximum atomic E-state index is 13.5. The highest BCUT2D eigenvalue weighted by Crippen LogP contribution is 2.30. The standard InChI is InChI=1S/C21H18FN5OS2/c1-12-6-13(2-4-16(12)22)20(23)21(28)26-8-14-9-27(25-18(14)10-26)30-15-3-5-17-19(7-15)29-11-24-17/h2-7,9,11,20H,8,10,23H2,1H3. The van der Waals surface area contributed by atoms with Crippen LogP contribution in [0.25, 0.3) is 10.2 Å². The Morgan fingerprint density at radius 3 is 2.93 bits per heavy atom. The van der Waals surface area contributed by atoms with E-state index in [-0.39, 0.29) is 11.7 Å². The minimum atomic E-state index is -0.819. The first kappa shape index (κ1) is 19.2. The van der Waals surface area contributed by atoms with Crippen molar-refractivity contribution < 1.29 is 9.18 Å². The van der Waals surface area contributed by atoms with Crippen LogP contribution in [0, 0.1) is 12.7 Å². The van der Waals surface area contributed by atoms with Crippen LogP contribution in [0.2, 0.25) is 0 Å². The lowest BCUT2D eigenvalue weighted by Crippen LogP contribution is -2.35. The lowest BCUT2D eigenvalue weighted by Gasteiger charge is -2.21. The molecule has 2 aromatic carbocycles. The van der Waals surface area contributed by atoms with Crippen LogP contribution in [0.5, 0.6) is 0 Å². The van der Waals surface area contributed by atoms with Crippen molar-refractivity contribution in [3.8, 4) is 0 Å². The van der Waals surface area contributed by atoms with E-state index in [1.165, 1.54) is 18.0 Å². The van der Waals surface area contributed by atoms with Crippen molar-refractivity contribution >= 4 is 39.4 Å². The van der Waals surface area contributed by atoms with Crippen LogP contribution in [0.4, 0.5) is 4.39 Å². The molecule has 0 fully saturated rings. The lowest BCUT2D eigenvalue weighted by atomic mass is 10.0. The molecule has 0 radical (unpaired) electrons. The number of aromatic nitrogens is 3. The summed E-state index contributed by atoms with van der Waals surface area (Å²) in [6, 6.07) is 9.86. The van der Waals surface area contributed by atoms with Gasteiger partial charge in [-0.1, -0.05) is 12.1 Å². The highest BCUT2D eigenvalue weighted by atomic mass is 32.2. The number of rotatable bonds is 4. The average Bonchev–Trinajstić information content (AvgIpc) is 3.43. The Bertz CT molecular complexity index is 1240. The molecule has 1 atom stereocenters. The Morgan fingerprint density at radius 2 is 2.13 bits per heavy atom. The molecule has 1 amide bonds. The van der Waals surface area contributed by atoms with Crippen LogP contribution in [-0.2, 0) is 17.9 Å². The third-order valence-corrected chi connectivity index (χ3v) is 6.81. The molecule has 1 unspecified atom stereocenters. The third-order valence-electron chi connectivity index (χ3n) is 5.18. The summed E-state index contributed by atoms with van der Waals surface area (Å²) in [6.07, 6.45) is 1.96. The fraction of sp³-hybridized carbons (Fsp3) is 0.190. The summed E-state index contributed by atoms with van der Waals surface area (Å²) in [6.45, 7) is 2.55. The zero-order valence-electron chi connectivity index (χ0n) is 16.1. The van der Waals surface area contributed by atoms with E-state index in [4.69, 9.17) is 5.73 Å². The lowest BCUT2D eigenvalue weighted by molar-refractivity contribution is -0.133. The molecule has 0 spiro atoms. The number of hydrogen-bond acceptors (Lipinski definition) is 6. The molecule has 0 saturated heterocycles. The van der Waals surface area contributed by atoms with E-state index in [9.17, 15) is 9.18 Å². The number of hydrogen-bond donors (Lipinski definition) is 1. The minimum Gasteiger partial charge on any atom is -0.331 e. The van der Waals surface area contributed by atoms with Gasteiger partial charge < -0.3 is 10.6 Å². The van der Waals surface area contributed by atoms with E-state index in [1.807, 2.05) is 27.9 Å². The Hall–Kier alpha value is -2.75. The highest BCUT2D eigenvalue weighted by molar-refractivity contribution is 7.97. The molecule has 5 rings (SSSR count). The first-order valence-corrected chi connectivity index (χ1v) is 11.0. The second-order valence-electron chi connectivity index (χ2n) is 7.26. The van der Waals surface area contributed by atoms with Gasteiger partial charge in [-0.05, 0) is 42.3 Å². The predicted octanol–water partition coefficient (Wildman–Crippen LogP) is 4.04. The molecule has 4 aromatic rings. The van der Waals surface area contributed by atoms with Gasteiger partial charge in [0, 0.05) is 35.1 Å². The van der Waals surface area contributed by atoms with Gasteiger partial charge in [0.15, 0.2) is 0 Å². The van der Waals surface area contributed by atoms with Gasteiger partial charge in [-0.15, -0.1) is 11.3 Å². The molecular formula is C21H18FN5OS2. The summed E-state index contributed by atoms with van der Waals surface area (Å²) in [5.41, 5.74) is 12.0. The van der Waals surface area contributed by atoms with Gasteiger partial charge in [0.1, 0.15) is 11.9 Å². The van der Waals surface area contributed by atoms with Crippen LogP contribution in [0.1, 0.15) is 28.4 Å². The molecule has 0 saturated carbocycles. The summed E-state index contributed by atoms with van der Waals surface area (Å²) in [5.74, 6) is -0.491. The number of halogens is 1. The first-order chi connectivity index (χ1) is 14.5. The molecule has 2 aromatic heterocycles. The molecule has 0 bridgehead atoms. The van der Waals surface area contributed by atoms with Crippen LogP contribution >= 0.6 is 23.3 Å². The number of fused-ring (bicyclic) bond motifs is 2. The molecule has 1 aliphatic rings. The summed E-state index contributed by atoms with van der Waals surface area (Å²) in [4.78, 5) is 19.9. The van der Waals surface area contributed by atoms with Crippen LogP contribution < -0.4 is 5.73 Å². The second-order valence-corrected chi connectivity index (χ2v) is 9.17. The monoisotopic (exact) mass is 439 g/mol. The number of carbonyl (C=O) groups is 1. The van der Waals surface area contributed by atoms with Crippen molar-refractivity contribution in [3.63, 3.8) is 0 Å². The second kappa shape index (κ2) is 7.50. The summed E-state index contributed by atoms with van der Waals surface area (Å²) >= 11 is 3.14. The number of benzene rings is 2. The van der Waals surface area contributed by atoms with Crippen LogP contribution in [0.15, 0.2) is 53.0 Å². The number of aryl methyl sites for hydroxylation is 1. The first-order valence-electron chi connectivity index (χ1n) is 9.37. The van der Waals surface area contributed by atoms with Crippen molar-refractivity contribution in [2.75, 3.05) is 0 Å². The Kier molecular flexibility index (Phi) is 4.80. The zero-order chi connectivity index (χ0) is 20.8. The number of thiazole rings is 1. The maximum absolute atomic E-state index is 13.5. The Labute approximate surface area is 180 Å². The van der Waals surface area contributed by atoms with Crippen molar-refractivity contribution in [1.29, 1.82) is 0 Å². The van der Waals surface area contributed by atoms with E-state index in [0.29, 0.717) is 24.2 Å². The Balaban J connectivity index is 1.27. The van der Waals surface area contributed by atoms with Gasteiger partial charge in [-0.25, -0.2) is 13.5 Å². The number of nitrogens with two attached hydrogens (primary N) is 1. The van der Waals surface area contributed by atoms with E-state index in [1.54, 1.807) is 35.3 Å².